The second kappa shape index (κ2) is 9.62. The topological polar surface area (TPSA) is 64.8 Å². The fourth-order valence-corrected chi connectivity index (χ4v) is 2.98. The summed E-state index contributed by atoms with van der Waals surface area (Å²) in [7, 11) is 0. The lowest BCUT2D eigenvalue weighted by atomic mass is 9.91. The van der Waals surface area contributed by atoms with Gasteiger partial charge in [0.2, 0.25) is 5.91 Å². The lowest BCUT2D eigenvalue weighted by Crippen LogP contribution is -2.42. The molecular weight excluding hydrogens is 292 g/mol. The van der Waals surface area contributed by atoms with Crippen molar-refractivity contribution in [3.63, 3.8) is 0 Å². The molecule has 0 aromatic rings. The quantitative estimate of drug-likeness (QED) is 0.755. The van der Waals surface area contributed by atoms with Gasteiger partial charge in [0.25, 0.3) is 0 Å². The summed E-state index contributed by atoms with van der Waals surface area (Å²) in [6.07, 6.45) is 4.99. The first-order valence-electron chi connectivity index (χ1n) is 7.89. The van der Waals surface area contributed by atoms with E-state index in [0.717, 1.165) is 45.4 Å². The zero-order chi connectivity index (χ0) is 14.4. The lowest BCUT2D eigenvalue weighted by molar-refractivity contribution is -0.134. The molecule has 0 radical (unpaired) electrons. The lowest BCUT2D eigenvalue weighted by Gasteiger charge is -2.33. The maximum absolute atomic E-state index is 12.1. The number of nitrogens with two attached hydrogens (primary N) is 1. The highest BCUT2D eigenvalue weighted by Crippen LogP contribution is 2.20. The molecule has 2 atom stereocenters. The van der Waals surface area contributed by atoms with Gasteiger partial charge in [-0.15, -0.1) is 12.4 Å². The van der Waals surface area contributed by atoms with Crippen molar-refractivity contribution in [1.29, 1.82) is 0 Å². The standard InChI is InChI=1S/C15H28N2O3.ClH/c1-12(16)13-4-7-17(8-5-13)15(18)6-10-19-11-14-3-2-9-20-14;/h12-14H,2-11,16H2,1H3;1H. The summed E-state index contributed by atoms with van der Waals surface area (Å²) in [5.74, 6) is 0.773. The average Bonchev–Trinajstić information content (AvgIpc) is 2.96. The van der Waals surface area contributed by atoms with Crippen molar-refractivity contribution >= 4 is 18.3 Å². The van der Waals surface area contributed by atoms with Crippen LogP contribution in [0.4, 0.5) is 0 Å². The van der Waals surface area contributed by atoms with E-state index >= 15 is 0 Å². The number of likely N-dealkylation sites (tertiary alicyclic amines) is 1. The van der Waals surface area contributed by atoms with Crippen LogP contribution in [0.1, 0.15) is 39.0 Å². The van der Waals surface area contributed by atoms with E-state index in [2.05, 4.69) is 6.92 Å². The van der Waals surface area contributed by atoms with E-state index in [-0.39, 0.29) is 30.5 Å². The van der Waals surface area contributed by atoms with E-state index in [1.807, 2.05) is 4.90 Å². The van der Waals surface area contributed by atoms with Crippen molar-refractivity contribution in [3.05, 3.63) is 0 Å². The summed E-state index contributed by atoms with van der Waals surface area (Å²) < 4.78 is 11.0. The molecule has 2 aliphatic rings. The minimum atomic E-state index is 0. The Morgan fingerprint density at radius 1 is 1.38 bits per heavy atom. The van der Waals surface area contributed by atoms with Crippen molar-refractivity contribution in [3.8, 4) is 0 Å². The van der Waals surface area contributed by atoms with E-state index in [4.69, 9.17) is 15.2 Å². The number of hydrogen-bond donors (Lipinski definition) is 1. The summed E-state index contributed by atoms with van der Waals surface area (Å²) in [4.78, 5) is 14.0. The molecule has 0 aromatic heterocycles. The fourth-order valence-electron chi connectivity index (χ4n) is 2.98. The van der Waals surface area contributed by atoms with E-state index in [9.17, 15) is 4.79 Å². The highest BCUT2D eigenvalue weighted by molar-refractivity contribution is 5.85. The van der Waals surface area contributed by atoms with Crippen molar-refractivity contribution in [2.45, 2.75) is 51.2 Å². The van der Waals surface area contributed by atoms with Crippen molar-refractivity contribution in [2.75, 3.05) is 32.9 Å². The molecule has 2 N–H and O–H groups in total. The summed E-state index contributed by atoms with van der Waals surface area (Å²) in [6, 6.07) is 0.238. The Morgan fingerprint density at radius 2 is 2.10 bits per heavy atom. The maximum Gasteiger partial charge on any atom is 0.224 e. The largest absolute Gasteiger partial charge is 0.378 e. The van der Waals surface area contributed by atoms with E-state index in [0.29, 0.717) is 25.6 Å². The molecule has 21 heavy (non-hydrogen) atoms. The Bertz CT molecular complexity index is 301. The van der Waals surface area contributed by atoms with Crippen LogP contribution in [-0.2, 0) is 14.3 Å². The van der Waals surface area contributed by atoms with Gasteiger partial charge in [-0.3, -0.25) is 4.79 Å². The van der Waals surface area contributed by atoms with Crippen LogP contribution in [-0.4, -0.2) is 55.9 Å². The molecular formula is C15H29ClN2O3. The highest BCUT2D eigenvalue weighted by atomic mass is 35.5. The molecule has 124 valence electrons. The van der Waals surface area contributed by atoms with E-state index in [1.165, 1.54) is 0 Å². The number of piperidine rings is 1. The predicted octanol–water partition coefficient (Wildman–Crippen LogP) is 1.58. The van der Waals surface area contributed by atoms with Crippen LogP contribution in [0, 0.1) is 5.92 Å². The molecule has 0 saturated carbocycles. The molecule has 2 rings (SSSR count). The van der Waals surface area contributed by atoms with Gasteiger partial charge in [-0.2, -0.15) is 0 Å². The van der Waals surface area contributed by atoms with Gasteiger partial charge in [-0.1, -0.05) is 0 Å². The molecule has 2 aliphatic heterocycles. The van der Waals surface area contributed by atoms with Crippen LogP contribution in [0.15, 0.2) is 0 Å². The van der Waals surface area contributed by atoms with Gasteiger partial charge in [-0.25, -0.2) is 0 Å². The van der Waals surface area contributed by atoms with Gasteiger partial charge in [0.15, 0.2) is 0 Å². The van der Waals surface area contributed by atoms with Crippen LogP contribution in [0.3, 0.4) is 0 Å². The monoisotopic (exact) mass is 320 g/mol. The molecule has 0 aliphatic carbocycles. The number of ether oxygens (including phenoxy) is 2. The predicted molar refractivity (Wildman–Crippen MR) is 84.6 cm³/mol. The van der Waals surface area contributed by atoms with Gasteiger partial charge >= 0.3 is 0 Å². The third-order valence-corrected chi connectivity index (χ3v) is 4.42. The summed E-state index contributed by atoms with van der Waals surface area (Å²) in [5, 5.41) is 0. The Balaban J connectivity index is 0.00000220. The molecule has 2 heterocycles. The first kappa shape index (κ1) is 18.7. The molecule has 2 fully saturated rings. The van der Waals surface area contributed by atoms with E-state index < -0.39 is 0 Å². The number of hydrogen-bond acceptors (Lipinski definition) is 4. The minimum absolute atomic E-state index is 0. The normalized spacial score (nSPS) is 24.7. The number of halogens is 1. The van der Waals surface area contributed by atoms with Gasteiger partial charge in [0.1, 0.15) is 0 Å². The summed E-state index contributed by atoms with van der Waals surface area (Å²) >= 11 is 0. The molecule has 6 heteroatoms. The molecule has 2 saturated heterocycles. The van der Waals surface area contributed by atoms with Gasteiger partial charge in [0.05, 0.1) is 25.7 Å². The van der Waals surface area contributed by atoms with Crippen molar-refractivity contribution in [1.82, 2.24) is 4.90 Å². The summed E-state index contributed by atoms with van der Waals surface area (Å²) in [6.45, 7) is 5.72. The Morgan fingerprint density at radius 3 is 2.67 bits per heavy atom. The van der Waals surface area contributed by atoms with Crippen LogP contribution in [0.5, 0.6) is 0 Å². The third-order valence-electron chi connectivity index (χ3n) is 4.42. The second-order valence-electron chi connectivity index (χ2n) is 6.04. The summed E-state index contributed by atoms with van der Waals surface area (Å²) in [5.41, 5.74) is 5.91. The Kier molecular flexibility index (Phi) is 8.56. The van der Waals surface area contributed by atoms with Gasteiger partial charge < -0.3 is 20.1 Å². The van der Waals surface area contributed by atoms with Crippen molar-refractivity contribution in [2.24, 2.45) is 11.7 Å². The number of carbonyl (C=O) groups is 1. The first-order valence-corrected chi connectivity index (χ1v) is 7.89. The number of rotatable bonds is 6. The molecule has 0 bridgehead atoms. The second-order valence-corrected chi connectivity index (χ2v) is 6.04. The van der Waals surface area contributed by atoms with Gasteiger partial charge in [-0.05, 0) is 38.5 Å². The fraction of sp³-hybridized carbons (Fsp3) is 0.933. The Hall–Kier alpha value is -0.360. The van der Waals surface area contributed by atoms with Crippen LogP contribution in [0.2, 0.25) is 0 Å². The SMILES string of the molecule is CC(N)C1CCN(C(=O)CCOCC2CCCO2)CC1.Cl. The number of carbonyl (C=O) groups excluding carboxylic acids is 1. The van der Waals surface area contributed by atoms with E-state index in [1.54, 1.807) is 0 Å². The van der Waals surface area contributed by atoms with Crippen LogP contribution >= 0.6 is 12.4 Å². The Labute approximate surface area is 133 Å². The minimum Gasteiger partial charge on any atom is -0.378 e. The number of nitrogens with zero attached hydrogens (tertiary/aromatic N) is 1. The van der Waals surface area contributed by atoms with Gasteiger partial charge in [0, 0.05) is 25.7 Å². The van der Waals surface area contributed by atoms with Crippen LogP contribution < -0.4 is 5.73 Å². The highest BCUT2D eigenvalue weighted by Gasteiger charge is 2.24. The number of amides is 1. The molecule has 0 aromatic carbocycles. The smallest absolute Gasteiger partial charge is 0.224 e. The first-order chi connectivity index (χ1) is 9.66. The molecule has 2 unspecified atom stereocenters. The molecule has 0 spiro atoms. The average molecular weight is 321 g/mol. The maximum atomic E-state index is 12.1. The zero-order valence-electron chi connectivity index (χ0n) is 13.0. The molecule has 1 amide bonds. The third kappa shape index (κ3) is 6.10. The zero-order valence-corrected chi connectivity index (χ0v) is 13.8. The van der Waals surface area contributed by atoms with Crippen molar-refractivity contribution < 1.29 is 14.3 Å². The van der Waals surface area contributed by atoms with Crippen LogP contribution in [0.25, 0.3) is 0 Å². The molecule has 5 nitrogen and oxygen atoms in total.